The van der Waals surface area contributed by atoms with Crippen LogP contribution in [0.25, 0.3) is 0 Å². The molecule has 5 rings (SSSR count). The number of rotatable bonds is 4. The molecule has 33 heavy (non-hydrogen) atoms. The van der Waals surface area contributed by atoms with Crippen LogP contribution in [0.5, 0.6) is 0 Å². The van der Waals surface area contributed by atoms with Crippen LogP contribution in [0.2, 0.25) is 0 Å². The third-order valence-corrected chi connectivity index (χ3v) is 9.81. The van der Waals surface area contributed by atoms with Gasteiger partial charge in [-0.05, 0) is 55.7 Å². The van der Waals surface area contributed by atoms with Crippen LogP contribution in [0.1, 0.15) is 33.1 Å². The van der Waals surface area contributed by atoms with Gasteiger partial charge in [0.05, 0.1) is 19.0 Å². The summed E-state index contributed by atoms with van der Waals surface area (Å²) < 4.78 is 66.0. The molecule has 0 aromatic rings. The van der Waals surface area contributed by atoms with Crippen molar-refractivity contribution in [3.63, 3.8) is 0 Å². The number of aliphatic hydroxyl groups is 1. The Morgan fingerprint density at radius 1 is 1.33 bits per heavy atom. The van der Waals surface area contributed by atoms with Gasteiger partial charge in [0.2, 0.25) is 0 Å². The van der Waals surface area contributed by atoms with Crippen LogP contribution in [0.3, 0.4) is 0 Å². The van der Waals surface area contributed by atoms with Crippen LogP contribution >= 0.6 is 0 Å². The van der Waals surface area contributed by atoms with Crippen LogP contribution in [-0.2, 0) is 28.6 Å². The number of halogens is 2. The molecule has 0 aromatic carbocycles. The summed E-state index contributed by atoms with van der Waals surface area (Å²) >= 11 is 0. The lowest BCUT2D eigenvalue weighted by Crippen LogP contribution is -2.76. The number of ketones is 2. The minimum absolute atomic E-state index is 0.0450. The molecule has 3 saturated carbocycles. The number of Topliss-reactive ketones (excluding diaryl/α,β-unsaturated/α-hetero) is 1. The standard InChI is InChI=1S/C23H28F2O7S/c1-12-6-14-15-8-17(24)16-7-13(26)4-5-20(16,2)22(15,25)18(27)9-21(14)11-31-23(12,21)19(28)10-32-33(3,29)30/h4-5,7,12,14-15,17-18,27H,6,8-11H2,1-3H3/t12-,14+,15+,17+,18+,20+,21-,22+,23+/m1/s1. The number of hydrogen-bond donors (Lipinski definition) is 1. The van der Waals surface area contributed by atoms with Gasteiger partial charge in [-0.25, -0.2) is 8.78 Å². The second-order valence-electron chi connectivity index (χ2n) is 10.6. The number of carbonyl (C=O) groups is 2. The predicted octanol–water partition coefficient (Wildman–Crippen LogP) is 1.85. The molecule has 0 radical (unpaired) electrons. The molecular formula is C23H28F2O7S. The van der Waals surface area contributed by atoms with Crippen molar-refractivity contribution in [1.82, 2.24) is 0 Å². The fraction of sp³-hybridized carbons (Fsp3) is 0.739. The maximum atomic E-state index is 17.1. The summed E-state index contributed by atoms with van der Waals surface area (Å²) in [5, 5.41) is 11.3. The van der Waals surface area contributed by atoms with Gasteiger partial charge in [-0.2, -0.15) is 8.42 Å². The van der Waals surface area contributed by atoms with Crippen molar-refractivity contribution in [3.05, 3.63) is 23.8 Å². The average molecular weight is 487 g/mol. The molecule has 10 heteroatoms. The largest absolute Gasteiger partial charge is 0.390 e. The first kappa shape index (κ1) is 23.3. The maximum Gasteiger partial charge on any atom is 0.264 e. The highest BCUT2D eigenvalue weighted by Gasteiger charge is 2.82. The SMILES string of the molecule is C[C@@H]1C[C@H]2[C@@H]3C[C@H](F)C4=CC(=O)C=C[C@]4(C)[C@@]3(F)[C@@H](O)C[C@@]23CO[C@]13C(=O)COS(C)(=O)=O. The van der Waals surface area contributed by atoms with Gasteiger partial charge < -0.3 is 9.84 Å². The lowest BCUT2D eigenvalue weighted by Gasteiger charge is -2.67. The van der Waals surface area contributed by atoms with Gasteiger partial charge in [0, 0.05) is 16.7 Å². The second-order valence-corrected chi connectivity index (χ2v) is 12.3. The van der Waals surface area contributed by atoms with Gasteiger partial charge in [0.15, 0.2) is 17.2 Å². The zero-order valence-electron chi connectivity index (χ0n) is 18.7. The normalized spacial score (nSPS) is 50.4. The first-order chi connectivity index (χ1) is 15.2. The molecule has 1 N–H and O–H groups in total. The third-order valence-electron chi connectivity index (χ3n) is 9.27. The van der Waals surface area contributed by atoms with Crippen LogP contribution in [-0.4, -0.2) is 68.1 Å². The predicted molar refractivity (Wildman–Crippen MR) is 112 cm³/mol. The number of alkyl halides is 2. The van der Waals surface area contributed by atoms with E-state index in [-0.39, 0.29) is 25.0 Å². The Kier molecular flexibility index (Phi) is 4.79. The summed E-state index contributed by atoms with van der Waals surface area (Å²) in [5.41, 5.74) is -6.02. The second kappa shape index (κ2) is 6.80. The zero-order chi connectivity index (χ0) is 24.2. The minimum Gasteiger partial charge on any atom is -0.390 e. The molecule has 5 aliphatic rings. The maximum absolute atomic E-state index is 17.1. The fourth-order valence-corrected chi connectivity index (χ4v) is 8.25. The van der Waals surface area contributed by atoms with Gasteiger partial charge >= 0.3 is 0 Å². The third kappa shape index (κ3) is 2.66. The van der Waals surface area contributed by atoms with E-state index in [0.29, 0.717) is 6.42 Å². The lowest BCUT2D eigenvalue weighted by molar-refractivity contribution is -0.311. The number of hydrogen-bond acceptors (Lipinski definition) is 7. The number of ether oxygens (including phenoxy) is 1. The molecule has 7 nitrogen and oxygen atoms in total. The molecule has 9 atom stereocenters. The van der Waals surface area contributed by atoms with Crippen LogP contribution in [0.4, 0.5) is 8.78 Å². The van der Waals surface area contributed by atoms with Crippen molar-refractivity contribution < 1.29 is 40.8 Å². The van der Waals surface area contributed by atoms with E-state index in [0.717, 1.165) is 12.3 Å². The Hall–Kier alpha value is -1.49. The van der Waals surface area contributed by atoms with Gasteiger partial charge in [-0.3, -0.25) is 13.8 Å². The summed E-state index contributed by atoms with van der Waals surface area (Å²) in [5.74, 6) is -2.73. The van der Waals surface area contributed by atoms with Crippen molar-refractivity contribution in [1.29, 1.82) is 0 Å². The first-order valence-corrected chi connectivity index (χ1v) is 13.0. The van der Waals surface area contributed by atoms with E-state index in [4.69, 9.17) is 8.92 Å². The van der Waals surface area contributed by atoms with Crippen molar-refractivity contribution in [2.75, 3.05) is 19.5 Å². The van der Waals surface area contributed by atoms with E-state index in [9.17, 15) is 23.1 Å². The minimum atomic E-state index is -3.87. The van der Waals surface area contributed by atoms with Gasteiger partial charge in [-0.15, -0.1) is 0 Å². The summed E-state index contributed by atoms with van der Waals surface area (Å²) in [7, 11) is -3.87. The Morgan fingerprint density at radius 3 is 2.64 bits per heavy atom. The van der Waals surface area contributed by atoms with Crippen LogP contribution in [0.15, 0.2) is 23.8 Å². The summed E-state index contributed by atoms with van der Waals surface area (Å²) in [6, 6.07) is 0. The molecule has 0 aromatic heterocycles. The number of allylic oxidation sites excluding steroid dienone is 4. The molecule has 0 unspecified atom stereocenters. The number of aliphatic hydroxyl groups excluding tert-OH is 1. The summed E-state index contributed by atoms with van der Waals surface area (Å²) in [6.45, 7) is 2.70. The Morgan fingerprint density at radius 2 is 2.03 bits per heavy atom. The van der Waals surface area contributed by atoms with E-state index in [1.165, 1.54) is 19.1 Å². The highest BCUT2D eigenvalue weighted by Crippen LogP contribution is 2.74. The van der Waals surface area contributed by atoms with E-state index in [2.05, 4.69) is 0 Å². The number of carbonyl (C=O) groups excluding carboxylic acids is 2. The Balaban J connectivity index is 1.57. The molecule has 4 aliphatic carbocycles. The first-order valence-electron chi connectivity index (χ1n) is 11.2. The fourth-order valence-electron chi connectivity index (χ4n) is 7.92. The molecule has 1 aliphatic heterocycles. The molecular weight excluding hydrogens is 458 g/mol. The molecule has 0 amide bonds. The van der Waals surface area contributed by atoms with E-state index < -0.39 is 80.4 Å². The molecule has 0 bridgehead atoms. The van der Waals surface area contributed by atoms with Crippen molar-refractivity contribution in [2.45, 2.75) is 56.7 Å². The van der Waals surface area contributed by atoms with Gasteiger partial charge in [0.25, 0.3) is 10.1 Å². The van der Waals surface area contributed by atoms with Crippen molar-refractivity contribution in [2.24, 2.45) is 28.6 Å². The zero-order valence-corrected chi connectivity index (χ0v) is 19.5. The van der Waals surface area contributed by atoms with Gasteiger partial charge in [0.1, 0.15) is 18.4 Å². The van der Waals surface area contributed by atoms with Crippen molar-refractivity contribution >= 4 is 21.7 Å². The van der Waals surface area contributed by atoms with Crippen LogP contribution in [0, 0.1) is 28.6 Å². The van der Waals surface area contributed by atoms with Gasteiger partial charge in [-0.1, -0.05) is 13.0 Å². The van der Waals surface area contributed by atoms with E-state index in [1.54, 1.807) is 6.92 Å². The summed E-state index contributed by atoms with van der Waals surface area (Å²) in [4.78, 5) is 25.2. The smallest absolute Gasteiger partial charge is 0.264 e. The highest BCUT2D eigenvalue weighted by atomic mass is 32.2. The summed E-state index contributed by atoms with van der Waals surface area (Å²) in [6.07, 6.45) is 1.56. The Bertz CT molecular complexity index is 1100. The van der Waals surface area contributed by atoms with E-state index >= 15 is 8.78 Å². The monoisotopic (exact) mass is 486 g/mol. The average Bonchev–Trinajstić information content (AvgIpc) is 2.87. The molecule has 1 heterocycles. The Labute approximate surface area is 191 Å². The molecule has 182 valence electrons. The van der Waals surface area contributed by atoms with Crippen LogP contribution < -0.4 is 0 Å². The lowest BCUT2D eigenvalue weighted by atomic mass is 9.43. The number of fused-ring (bicyclic) bond motifs is 4. The molecule has 1 saturated heterocycles. The highest BCUT2D eigenvalue weighted by molar-refractivity contribution is 7.86. The topological polar surface area (TPSA) is 107 Å². The van der Waals surface area contributed by atoms with E-state index in [1.807, 2.05) is 0 Å². The molecule has 4 fully saturated rings. The van der Waals surface area contributed by atoms with Crippen molar-refractivity contribution in [3.8, 4) is 0 Å². The quantitative estimate of drug-likeness (QED) is 0.605. The molecule has 1 spiro atoms.